The summed E-state index contributed by atoms with van der Waals surface area (Å²) >= 11 is 0. The molecule has 1 aliphatic rings. The predicted octanol–water partition coefficient (Wildman–Crippen LogP) is 4.40. The fraction of sp³-hybridized carbons (Fsp3) is 0.179. The van der Waals surface area contributed by atoms with Gasteiger partial charge in [0.2, 0.25) is 0 Å². The maximum absolute atomic E-state index is 13.8. The zero-order chi connectivity index (χ0) is 23.8. The predicted molar refractivity (Wildman–Crippen MR) is 136 cm³/mol. The number of aromatic nitrogens is 4. The van der Waals surface area contributed by atoms with Crippen molar-refractivity contribution in [3.8, 4) is 22.6 Å². The highest BCUT2D eigenvalue weighted by Crippen LogP contribution is 2.28. The molecule has 1 N–H and O–H groups in total. The number of nitrogens with zero attached hydrogens (tertiary/aromatic N) is 5. The number of hydrogen-bond donors (Lipinski definition) is 1. The number of pyridine rings is 2. The summed E-state index contributed by atoms with van der Waals surface area (Å²) in [6.45, 7) is 2.06. The van der Waals surface area contributed by atoms with Gasteiger partial charge in [-0.15, -0.1) is 0 Å². The number of benzene rings is 2. The third kappa shape index (κ3) is 3.90. The van der Waals surface area contributed by atoms with Gasteiger partial charge in [0, 0.05) is 32.0 Å². The summed E-state index contributed by atoms with van der Waals surface area (Å²) in [4.78, 5) is 24.9. The first-order chi connectivity index (χ1) is 17.2. The van der Waals surface area contributed by atoms with Crippen molar-refractivity contribution >= 4 is 11.2 Å². The van der Waals surface area contributed by atoms with Crippen LogP contribution in [0.25, 0.3) is 28.0 Å². The molecule has 0 aliphatic carbocycles. The Kier molecular flexibility index (Phi) is 5.39. The molecule has 1 aliphatic heterocycles. The fourth-order valence-corrected chi connectivity index (χ4v) is 4.99. The van der Waals surface area contributed by atoms with E-state index in [1.54, 1.807) is 29.1 Å². The highest BCUT2D eigenvalue weighted by Gasteiger charge is 2.29. The van der Waals surface area contributed by atoms with E-state index in [0.29, 0.717) is 24.4 Å². The molecule has 0 saturated carbocycles. The van der Waals surface area contributed by atoms with Crippen molar-refractivity contribution in [2.45, 2.75) is 19.0 Å². The summed E-state index contributed by atoms with van der Waals surface area (Å²) in [5.41, 5.74) is 5.12. The van der Waals surface area contributed by atoms with Gasteiger partial charge in [-0.2, -0.15) is 0 Å². The van der Waals surface area contributed by atoms with Gasteiger partial charge >= 0.3 is 5.69 Å². The first kappa shape index (κ1) is 21.3. The van der Waals surface area contributed by atoms with Crippen molar-refractivity contribution in [3.05, 3.63) is 107 Å². The molecule has 0 bridgehead atoms. The molecule has 0 amide bonds. The van der Waals surface area contributed by atoms with Gasteiger partial charge < -0.3 is 5.11 Å². The van der Waals surface area contributed by atoms with Crippen LogP contribution in [0.1, 0.15) is 18.2 Å². The first-order valence-corrected chi connectivity index (χ1v) is 11.8. The van der Waals surface area contributed by atoms with E-state index in [2.05, 4.69) is 27.0 Å². The van der Waals surface area contributed by atoms with Crippen molar-refractivity contribution in [1.29, 1.82) is 0 Å². The van der Waals surface area contributed by atoms with Crippen LogP contribution in [-0.4, -0.2) is 42.2 Å². The van der Waals surface area contributed by atoms with E-state index in [9.17, 15) is 9.90 Å². The number of rotatable bonds is 5. The largest absolute Gasteiger partial charge is 0.506 e. The molecular weight excluding hydrogens is 438 g/mol. The lowest BCUT2D eigenvalue weighted by Gasteiger charge is -2.16. The van der Waals surface area contributed by atoms with Gasteiger partial charge in [0.1, 0.15) is 5.75 Å². The van der Waals surface area contributed by atoms with Gasteiger partial charge in [-0.05, 0) is 53.9 Å². The number of fused-ring (bicyclic) bond motifs is 1. The van der Waals surface area contributed by atoms with Crippen molar-refractivity contribution < 1.29 is 5.11 Å². The zero-order valence-corrected chi connectivity index (χ0v) is 19.2. The van der Waals surface area contributed by atoms with Gasteiger partial charge in [-0.1, -0.05) is 42.5 Å². The Balaban J connectivity index is 1.34. The topological polar surface area (TPSA) is 76.2 Å². The van der Waals surface area contributed by atoms with Crippen molar-refractivity contribution in [2.75, 3.05) is 13.1 Å². The molecule has 3 aromatic heterocycles. The van der Waals surface area contributed by atoms with Gasteiger partial charge in [0.25, 0.3) is 0 Å². The standard InChI is InChI=1S/C28H25N5O2/c34-26-9-5-15-29-24(26)19-31-17-14-23(18-31)33-27-25(8-4-16-30-27)32(28(33)35)22-12-10-21(11-13-22)20-6-2-1-3-7-20/h1-13,15-16,23,34H,14,17-19H2. The van der Waals surface area contributed by atoms with Gasteiger partial charge in [-0.3, -0.25) is 19.0 Å². The molecule has 1 atom stereocenters. The molecular formula is C28H25N5O2. The molecule has 6 rings (SSSR count). The van der Waals surface area contributed by atoms with Gasteiger partial charge in [0.05, 0.1) is 22.9 Å². The molecule has 0 spiro atoms. The minimum Gasteiger partial charge on any atom is -0.506 e. The quantitative estimate of drug-likeness (QED) is 0.418. The van der Waals surface area contributed by atoms with E-state index in [-0.39, 0.29) is 17.5 Å². The third-order valence-electron chi connectivity index (χ3n) is 6.72. The second-order valence-electron chi connectivity index (χ2n) is 8.89. The second-order valence-corrected chi connectivity index (χ2v) is 8.89. The third-order valence-corrected chi connectivity index (χ3v) is 6.72. The Hall–Kier alpha value is -4.23. The fourth-order valence-electron chi connectivity index (χ4n) is 4.99. The molecule has 1 fully saturated rings. The molecule has 5 aromatic rings. The van der Waals surface area contributed by atoms with Crippen LogP contribution in [0.5, 0.6) is 5.75 Å². The van der Waals surface area contributed by atoms with Crippen LogP contribution in [0.15, 0.2) is 96.1 Å². The second kappa shape index (κ2) is 8.85. The van der Waals surface area contributed by atoms with Crippen molar-refractivity contribution in [2.24, 2.45) is 0 Å². The van der Waals surface area contributed by atoms with Crippen LogP contribution in [0.4, 0.5) is 0 Å². The molecule has 2 aromatic carbocycles. The maximum atomic E-state index is 13.8. The van der Waals surface area contributed by atoms with Gasteiger partial charge in [-0.25, -0.2) is 9.78 Å². The number of likely N-dealkylation sites (tertiary alicyclic amines) is 1. The molecule has 174 valence electrons. The van der Waals surface area contributed by atoms with E-state index < -0.39 is 0 Å². The molecule has 1 unspecified atom stereocenters. The molecule has 0 radical (unpaired) electrons. The normalized spacial score (nSPS) is 16.2. The Morgan fingerprint density at radius 1 is 0.857 bits per heavy atom. The first-order valence-electron chi connectivity index (χ1n) is 11.8. The average Bonchev–Trinajstić information content (AvgIpc) is 3.47. The molecule has 4 heterocycles. The Morgan fingerprint density at radius 2 is 1.60 bits per heavy atom. The zero-order valence-electron chi connectivity index (χ0n) is 19.2. The lowest BCUT2D eigenvalue weighted by Crippen LogP contribution is -2.29. The SMILES string of the molecule is O=c1n(-c2ccc(-c3ccccc3)cc2)c2cccnc2n1C1CCN(Cc2ncccc2O)C1. The van der Waals surface area contributed by atoms with Crippen LogP contribution < -0.4 is 5.69 Å². The van der Waals surface area contributed by atoms with E-state index in [1.807, 2.05) is 59.2 Å². The maximum Gasteiger partial charge on any atom is 0.335 e. The van der Waals surface area contributed by atoms with Crippen LogP contribution in [0, 0.1) is 0 Å². The smallest absolute Gasteiger partial charge is 0.335 e. The van der Waals surface area contributed by atoms with E-state index in [0.717, 1.165) is 35.3 Å². The van der Waals surface area contributed by atoms with E-state index >= 15 is 0 Å². The minimum atomic E-state index is -0.0845. The Bertz CT molecular complexity index is 1540. The van der Waals surface area contributed by atoms with Crippen LogP contribution in [0.3, 0.4) is 0 Å². The van der Waals surface area contributed by atoms with Crippen molar-refractivity contribution in [1.82, 2.24) is 24.0 Å². The Labute approximate surface area is 202 Å². The summed E-state index contributed by atoms with van der Waals surface area (Å²) in [5.74, 6) is 0.199. The monoisotopic (exact) mass is 463 g/mol. The molecule has 35 heavy (non-hydrogen) atoms. The Morgan fingerprint density at radius 3 is 2.40 bits per heavy atom. The summed E-state index contributed by atoms with van der Waals surface area (Å²) in [7, 11) is 0. The minimum absolute atomic E-state index is 0.00408. The van der Waals surface area contributed by atoms with E-state index in [1.165, 1.54) is 0 Å². The highest BCUT2D eigenvalue weighted by atomic mass is 16.3. The summed E-state index contributed by atoms with van der Waals surface area (Å²) < 4.78 is 3.59. The molecule has 7 nitrogen and oxygen atoms in total. The van der Waals surface area contributed by atoms with Crippen LogP contribution >= 0.6 is 0 Å². The van der Waals surface area contributed by atoms with Gasteiger partial charge in [0.15, 0.2) is 5.65 Å². The van der Waals surface area contributed by atoms with E-state index in [4.69, 9.17) is 0 Å². The summed E-state index contributed by atoms with van der Waals surface area (Å²) in [6.07, 6.45) is 4.25. The average molecular weight is 464 g/mol. The lowest BCUT2D eigenvalue weighted by molar-refractivity contribution is 0.305. The molecule has 1 saturated heterocycles. The summed E-state index contributed by atoms with van der Waals surface area (Å²) in [6, 6.07) is 25.5. The summed E-state index contributed by atoms with van der Waals surface area (Å²) in [5, 5.41) is 10.1. The van der Waals surface area contributed by atoms with Crippen LogP contribution in [-0.2, 0) is 6.54 Å². The number of aromatic hydroxyl groups is 1. The molecule has 7 heteroatoms. The highest BCUT2D eigenvalue weighted by molar-refractivity contribution is 5.75. The number of hydrogen-bond acceptors (Lipinski definition) is 5. The lowest BCUT2D eigenvalue weighted by atomic mass is 10.1. The van der Waals surface area contributed by atoms with Crippen LogP contribution in [0.2, 0.25) is 0 Å². The van der Waals surface area contributed by atoms with Crippen molar-refractivity contribution in [3.63, 3.8) is 0 Å². The number of imidazole rings is 1.